The molecule has 1 N–H and O–H groups in total. The van der Waals surface area contributed by atoms with Gasteiger partial charge in [0, 0.05) is 32.5 Å². The lowest BCUT2D eigenvalue weighted by Gasteiger charge is -2.27. The lowest BCUT2D eigenvalue weighted by atomic mass is 10.3. The molecule has 0 bridgehead atoms. The first-order chi connectivity index (χ1) is 11.6. The zero-order valence-corrected chi connectivity index (χ0v) is 15.3. The highest BCUT2D eigenvalue weighted by molar-refractivity contribution is 6.60. The van der Waals surface area contributed by atoms with Gasteiger partial charge in [-0.1, -0.05) is 18.2 Å². The highest BCUT2D eigenvalue weighted by Gasteiger charge is 2.38. The minimum absolute atomic E-state index is 0.268. The molecule has 0 saturated carbocycles. The Morgan fingerprint density at radius 2 is 1.92 bits per heavy atom. The number of amides is 1. The Kier molecular flexibility index (Phi) is 9.58. The van der Waals surface area contributed by atoms with Crippen LogP contribution in [0.2, 0.25) is 6.04 Å². The third-order valence-electron chi connectivity index (χ3n) is 3.43. The Hall–Kier alpha value is -1.45. The molecular weight excluding hydrogens is 330 g/mol. The average Bonchev–Trinajstić information content (AvgIpc) is 2.63. The highest BCUT2D eigenvalue weighted by Crippen LogP contribution is 2.20. The SMILES string of the molecule is [CH2]CCOC(=O)N(CCC[Si](OC)(OC)OCO)c1ccccc1. The standard InChI is InChI=1S/C16H26NO6Si/c1-4-12-22-16(19)17(15-9-6-5-7-10-15)11-8-13-24(20-2,21-3)23-14-18/h5-7,9-10,18H,1,4,8,11-14H2,2-3H3. The van der Waals surface area contributed by atoms with E-state index in [4.69, 9.17) is 23.1 Å². The first-order valence-electron chi connectivity index (χ1n) is 7.76. The number of aliphatic hydroxyl groups is 1. The first kappa shape index (κ1) is 20.6. The number of nitrogens with zero attached hydrogens (tertiary/aromatic N) is 1. The van der Waals surface area contributed by atoms with Crippen molar-refractivity contribution in [1.29, 1.82) is 0 Å². The predicted molar refractivity (Wildman–Crippen MR) is 92.5 cm³/mol. The van der Waals surface area contributed by atoms with Gasteiger partial charge >= 0.3 is 14.9 Å². The summed E-state index contributed by atoms with van der Waals surface area (Å²) < 4.78 is 21.1. The van der Waals surface area contributed by atoms with Crippen LogP contribution in [0.4, 0.5) is 10.5 Å². The molecule has 1 aromatic carbocycles. The molecule has 0 aliphatic carbocycles. The summed E-state index contributed by atoms with van der Waals surface area (Å²) in [4.78, 5) is 13.8. The van der Waals surface area contributed by atoms with Crippen LogP contribution in [0.1, 0.15) is 12.8 Å². The zero-order chi connectivity index (χ0) is 17.8. The Balaban J connectivity index is 2.73. The number of para-hydroxylation sites is 1. The maximum atomic E-state index is 12.3. The molecule has 0 atom stereocenters. The van der Waals surface area contributed by atoms with Crippen LogP contribution in [0.15, 0.2) is 30.3 Å². The van der Waals surface area contributed by atoms with Gasteiger partial charge in [0.2, 0.25) is 0 Å². The van der Waals surface area contributed by atoms with Crippen molar-refractivity contribution >= 4 is 20.6 Å². The quantitative estimate of drug-likeness (QED) is 0.485. The van der Waals surface area contributed by atoms with E-state index < -0.39 is 21.7 Å². The van der Waals surface area contributed by atoms with Crippen LogP contribution >= 0.6 is 0 Å². The maximum absolute atomic E-state index is 12.3. The molecular formula is C16H26NO6Si. The van der Waals surface area contributed by atoms with Crippen LogP contribution in [-0.4, -0.2) is 54.2 Å². The molecule has 24 heavy (non-hydrogen) atoms. The molecule has 7 nitrogen and oxygen atoms in total. The average molecular weight is 356 g/mol. The molecule has 0 spiro atoms. The van der Waals surface area contributed by atoms with Gasteiger partial charge in [-0.05, 0) is 31.9 Å². The topological polar surface area (TPSA) is 77.5 Å². The fourth-order valence-electron chi connectivity index (χ4n) is 2.20. The summed E-state index contributed by atoms with van der Waals surface area (Å²) in [6.07, 6.45) is 0.666. The maximum Gasteiger partial charge on any atom is 0.502 e. The van der Waals surface area contributed by atoms with E-state index >= 15 is 0 Å². The number of aliphatic hydroxyl groups excluding tert-OH is 1. The molecule has 1 radical (unpaired) electrons. The fraction of sp³-hybridized carbons (Fsp3) is 0.500. The van der Waals surface area contributed by atoms with Gasteiger partial charge in [-0.15, -0.1) is 0 Å². The van der Waals surface area contributed by atoms with Crippen molar-refractivity contribution in [2.75, 3.05) is 39.1 Å². The Bertz CT molecular complexity index is 469. The number of rotatable bonds is 11. The summed E-state index contributed by atoms with van der Waals surface area (Å²) in [5.41, 5.74) is 0.747. The molecule has 0 unspecified atom stereocenters. The minimum atomic E-state index is -2.91. The lowest BCUT2D eigenvalue weighted by Crippen LogP contribution is -2.45. The van der Waals surface area contributed by atoms with Crippen LogP contribution in [0, 0.1) is 6.92 Å². The lowest BCUT2D eigenvalue weighted by molar-refractivity contribution is 0.0147. The van der Waals surface area contributed by atoms with Crippen molar-refractivity contribution in [1.82, 2.24) is 0 Å². The summed E-state index contributed by atoms with van der Waals surface area (Å²) in [6.45, 7) is 3.87. The van der Waals surface area contributed by atoms with Gasteiger partial charge in [-0.2, -0.15) is 0 Å². The van der Waals surface area contributed by atoms with Crippen molar-refractivity contribution in [3.05, 3.63) is 37.3 Å². The van der Waals surface area contributed by atoms with Gasteiger partial charge < -0.3 is 23.1 Å². The molecule has 135 valence electrons. The molecule has 0 aliphatic rings. The first-order valence-corrected chi connectivity index (χ1v) is 9.69. The number of hydrogen-bond acceptors (Lipinski definition) is 6. The second-order valence-corrected chi connectivity index (χ2v) is 7.89. The molecule has 1 amide bonds. The third kappa shape index (κ3) is 6.21. The van der Waals surface area contributed by atoms with E-state index in [0.717, 1.165) is 5.69 Å². The van der Waals surface area contributed by atoms with E-state index in [1.165, 1.54) is 14.2 Å². The zero-order valence-electron chi connectivity index (χ0n) is 14.3. The van der Waals surface area contributed by atoms with Crippen LogP contribution in [0.3, 0.4) is 0 Å². The Labute approximate surface area is 144 Å². The summed E-state index contributed by atoms with van der Waals surface area (Å²) in [5.74, 6) is 0. The predicted octanol–water partition coefficient (Wildman–Crippen LogP) is 2.44. The molecule has 0 saturated heterocycles. The molecule has 1 rings (SSSR count). The second kappa shape index (κ2) is 11.2. The molecule has 0 heterocycles. The van der Waals surface area contributed by atoms with E-state index in [0.29, 0.717) is 25.4 Å². The summed E-state index contributed by atoms with van der Waals surface area (Å²) in [5, 5.41) is 9.00. The number of ether oxygens (including phenoxy) is 1. The third-order valence-corrected chi connectivity index (χ3v) is 6.21. The normalized spacial score (nSPS) is 11.3. The molecule has 0 aromatic heterocycles. The summed E-state index contributed by atoms with van der Waals surface area (Å²) in [7, 11) is 0.0677. The Morgan fingerprint density at radius 3 is 2.46 bits per heavy atom. The van der Waals surface area contributed by atoms with E-state index in [9.17, 15) is 4.79 Å². The second-order valence-electron chi connectivity index (χ2n) is 4.92. The van der Waals surface area contributed by atoms with E-state index in [1.54, 1.807) is 4.90 Å². The van der Waals surface area contributed by atoms with Crippen LogP contribution < -0.4 is 4.90 Å². The number of benzene rings is 1. The van der Waals surface area contributed by atoms with Gasteiger partial charge in [0.15, 0.2) is 0 Å². The van der Waals surface area contributed by atoms with Crippen molar-refractivity contribution in [2.45, 2.75) is 18.9 Å². The number of hydrogen-bond donors (Lipinski definition) is 1. The van der Waals surface area contributed by atoms with Gasteiger partial charge in [0.05, 0.1) is 6.61 Å². The van der Waals surface area contributed by atoms with Gasteiger partial charge in [-0.3, -0.25) is 4.90 Å². The van der Waals surface area contributed by atoms with Gasteiger partial charge in [0.1, 0.15) is 6.79 Å². The van der Waals surface area contributed by atoms with Gasteiger partial charge in [-0.25, -0.2) is 4.79 Å². The van der Waals surface area contributed by atoms with Crippen LogP contribution in [-0.2, 0) is 18.0 Å². The largest absolute Gasteiger partial charge is 0.502 e. The fourth-order valence-corrected chi connectivity index (χ4v) is 3.94. The molecule has 0 aliphatic heterocycles. The Morgan fingerprint density at radius 1 is 1.25 bits per heavy atom. The minimum Gasteiger partial charge on any atom is -0.449 e. The number of carbonyl (C=O) groups is 1. The van der Waals surface area contributed by atoms with Crippen molar-refractivity contribution < 1.29 is 27.9 Å². The summed E-state index contributed by atoms with van der Waals surface area (Å²) >= 11 is 0. The van der Waals surface area contributed by atoms with Crippen molar-refractivity contribution in [2.24, 2.45) is 0 Å². The van der Waals surface area contributed by atoms with Gasteiger partial charge in [0.25, 0.3) is 0 Å². The van der Waals surface area contributed by atoms with E-state index in [-0.39, 0.29) is 6.61 Å². The smallest absolute Gasteiger partial charge is 0.449 e. The van der Waals surface area contributed by atoms with E-state index in [1.807, 2.05) is 30.3 Å². The number of anilines is 1. The summed E-state index contributed by atoms with van der Waals surface area (Å²) in [6, 6.07) is 9.74. The molecule has 1 aromatic rings. The van der Waals surface area contributed by atoms with Crippen molar-refractivity contribution in [3.8, 4) is 0 Å². The molecule has 8 heteroatoms. The monoisotopic (exact) mass is 356 g/mol. The number of carbonyl (C=O) groups excluding carboxylic acids is 1. The van der Waals surface area contributed by atoms with Crippen molar-refractivity contribution in [3.63, 3.8) is 0 Å². The highest BCUT2D eigenvalue weighted by atomic mass is 28.4. The van der Waals surface area contributed by atoms with Crippen LogP contribution in [0.25, 0.3) is 0 Å². The van der Waals surface area contributed by atoms with E-state index in [2.05, 4.69) is 6.92 Å². The molecule has 0 fully saturated rings. The van der Waals surface area contributed by atoms with Crippen LogP contribution in [0.5, 0.6) is 0 Å².